The second kappa shape index (κ2) is 7.52. The summed E-state index contributed by atoms with van der Waals surface area (Å²) in [5, 5.41) is 31.7. The number of methoxy groups -OCH3 is 1. The van der Waals surface area contributed by atoms with Crippen molar-refractivity contribution in [3.8, 4) is 5.75 Å². The van der Waals surface area contributed by atoms with E-state index in [1.54, 1.807) is 31.4 Å². The number of aromatic amines is 1. The number of rotatable bonds is 7. The fraction of sp³-hybridized carbons (Fsp3) is 0.118. The molecule has 10 heteroatoms. The molecule has 0 aliphatic heterocycles. The minimum atomic E-state index is -1.16. The molecule has 27 heavy (non-hydrogen) atoms. The maximum atomic E-state index is 12.5. The quantitative estimate of drug-likeness (QED) is 0.323. The minimum Gasteiger partial charge on any atom is -0.504 e. The molecule has 0 spiro atoms. The van der Waals surface area contributed by atoms with Gasteiger partial charge in [0.05, 0.1) is 18.4 Å². The van der Waals surface area contributed by atoms with Gasteiger partial charge in [-0.2, -0.15) is 5.21 Å². The van der Waals surface area contributed by atoms with Crippen molar-refractivity contribution >= 4 is 17.5 Å². The number of ketones is 1. The number of ether oxygens (including phenoxy) is 1. The van der Waals surface area contributed by atoms with Crippen LogP contribution in [0.25, 0.3) is 5.76 Å². The molecule has 2 heterocycles. The SMILES string of the molecule is COc1ccc(Cn2cc(C(=O)O)cc2C(=O)C=C(O)c2nn[nH]n2)cc1. The topological polar surface area (TPSA) is 143 Å². The van der Waals surface area contributed by atoms with Gasteiger partial charge in [-0.25, -0.2) is 4.79 Å². The van der Waals surface area contributed by atoms with Crippen LogP contribution in [0.1, 0.15) is 32.2 Å². The van der Waals surface area contributed by atoms with Gasteiger partial charge in [0.25, 0.3) is 0 Å². The molecule has 0 radical (unpaired) electrons. The second-order valence-electron chi connectivity index (χ2n) is 5.52. The zero-order valence-corrected chi connectivity index (χ0v) is 14.2. The second-order valence-corrected chi connectivity index (χ2v) is 5.52. The predicted molar refractivity (Wildman–Crippen MR) is 92.6 cm³/mol. The fourth-order valence-corrected chi connectivity index (χ4v) is 2.43. The maximum absolute atomic E-state index is 12.5. The van der Waals surface area contributed by atoms with Crippen molar-refractivity contribution in [1.82, 2.24) is 25.2 Å². The number of hydrogen-bond donors (Lipinski definition) is 3. The highest BCUT2D eigenvalue weighted by molar-refractivity contribution is 6.07. The average Bonchev–Trinajstić information content (AvgIpc) is 3.32. The number of aliphatic hydroxyl groups excluding tert-OH is 1. The lowest BCUT2D eigenvalue weighted by Gasteiger charge is -2.08. The zero-order chi connectivity index (χ0) is 19.4. The van der Waals surface area contributed by atoms with Gasteiger partial charge in [0.15, 0.2) is 5.76 Å². The summed E-state index contributed by atoms with van der Waals surface area (Å²) in [6, 6.07) is 8.38. The predicted octanol–water partition coefficient (Wildman–Crippen LogP) is 1.54. The van der Waals surface area contributed by atoms with Gasteiger partial charge in [0.2, 0.25) is 11.6 Å². The zero-order valence-electron chi connectivity index (χ0n) is 14.2. The number of H-pyrrole nitrogens is 1. The molecule has 3 rings (SSSR count). The summed E-state index contributed by atoms with van der Waals surface area (Å²) < 4.78 is 6.60. The van der Waals surface area contributed by atoms with Crippen LogP contribution in [-0.2, 0) is 6.54 Å². The molecular weight excluding hydrogens is 354 g/mol. The first-order valence-corrected chi connectivity index (χ1v) is 7.73. The molecule has 0 atom stereocenters. The van der Waals surface area contributed by atoms with Crippen LogP contribution in [0.15, 0.2) is 42.6 Å². The molecule has 3 N–H and O–H groups in total. The summed E-state index contributed by atoms with van der Waals surface area (Å²) in [5.74, 6) is -1.71. The summed E-state index contributed by atoms with van der Waals surface area (Å²) >= 11 is 0. The molecule has 0 unspecified atom stereocenters. The van der Waals surface area contributed by atoms with E-state index in [4.69, 9.17) is 4.74 Å². The summed E-state index contributed by atoms with van der Waals surface area (Å²) in [6.07, 6.45) is 2.27. The van der Waals surface area contributed by atoms with Gasteiger partial charge in [0, 0.05) is 18.8 Å². The Morgan fingerprint density at radius 2 is 2.00 bits per heavy atom. The maximum Gasteiger partial charge on any atom is 0.337 e. The normalized spacial score (nSPS) is 11.4. The number of hydrogen-bond acceptors (Lipinski definition) is 7. The van der Waals surface area contributed by atoms with E-state index in [2.05, 4.69) is 20.6 Å². The number of carbonyl (C=O) groups excluding carboxylic acids is 1. The third-order valence-electron chi connectivity index (χ3n) is 3.75. The summed E-state index contributed by atoms with van der Waals surface area (Å²) in [7, 11) is 1.55. The Kier molecular flexibility index (Phi) is 4.97. The Labute approximate surface area is 152 Å². The smallest absolute Gasteiger partial charge is 0.337 e. The van der Waals surface area contributed by atoms with E-state index in [-0.39, 0.29) is 23.6 Å². The van der Waals surface area contributed by atoms with Crippen molar-refractivity contribution in [1.29, 1.82) is 0 Å². The van der Waals surface area contributed by atoms with Crippen LogP contribution < -0.4 is 4.74 Å². The van der Waals surface area contributed by atoms with Crippen LogP contribution in [0.2, 0.25) is 0 Å². The average molecular weight is 369 g/mol. The Balaban J connectivity index is 1.92. The van der Waals surface area contributed by atoms with Crippen LogP contribution in [0.4, 0.5) is 0 Å². The van der Waals surface area contributed by atoms with Gasteiger partial charge in [-0.3, -0.25) is 4.79 Å². The lowest BCUT2D eigenvalue weighted by Crippen LogP contribution is -2.08. The number of carboxylic acids is 1. The van der Waals surface area contributed by atoms with Crippen molar-refractivity contribution in [2.75, 3.05) is 7.11 Å². The van der Waals surface area contributed by atoms with Crippen molar-refractivity contribution in [2.24, 2.45) is 0 Å². The Morgan fingerprint density at radius 3 is 2.59 bits per heavy atom. The monoisotopic (exact) mass is 369 g/mol. The van der Waals surface area contributed by atoms with Crippen molar-refractivity contribution < 1.29 is 24.5 Å². The van der Waals surface area contributed by atoms with E-state index in [1.807, 2.05) is 0 Å². The third kappa shape index (κ3) is 4.00. The lowest BCUT2D eigenvalue weighted by atomic mass is 10.2. The van der Waals surface area contributed by atoms with Crippen LogP contribution in [0.5, 0.6) is 5.75 Å². The molecule has 0 aliphatic rings. The molecule has 0 fully saturated rings. The lowest BCUT2D eigenvalue weighted by molar-refractivity contribution is 0.0696. The van der Waals surface area contributed by atoms with E-state index in [0.717, 1.165) is 11.6 Å². The Morgan fingerprint density at radius 1 is 1.26 bits per heavy atom. The van der Waals surface area contributed by atoms with Crippen LogP contribution >= 0.6 is 0 Å². The van der Waals surface area contributed by atoms with Crippen molar-refractivity contribution in [3.63, 3.8) is 0 Å². The summed E-state index contributed by atoms with van der Waals surface area (Å²) in [4.78, 5) is 23.8. The number of aliphatic hydroxyl groups is 1. The Hall–Kier alpha value is -3.95. The number of carboxylic acid groups (broad SMARTS) is 1. The molecule has 2 aromatic heterocycles. The molecule has 3 aromatic rings. The molecule has 10 nitrogen and oxygen atoms in total. The number of nitrogens with one attached hydrogen (secondary N) is 1. The fourth-order valence-electron chi connectivity index (χ4n) is 2.43. The number of carbonyl (C=O) groups is 2. The van der Waals surface area contributed by atoms with E-state index < -0.39 is 17.5 Å². The van der Waals surface area contributed by atoms with Crippen molar-refractivity contribution in [2.45, 2.75) is 6.54 Å². The molecule has 1 aromatic carbocycles. The van der Waals surface area contributed by atoms with Gasteiger partial charge in [-0.05, 0) is 29.0 Å². The number of nitrogens with zero attached hydrogens (tertiary/aromatic N) is 4. The molecular formula is C17H15N5O5. The van der Waals surface area contributed by atoms with E-state index in [9.17, 15) is 19.8 Å². The van der Waals surface area contributed by atoms with Crippen LogP contribution in [-0.4, -0.2) is 54.3 Å². The highest BCUT2D eigenvalue weighted by Gasteiger charge is 2.18. The van der Waals surface area contributed by atoms with E-state index in [0.29, 0.717) is 5.75 Å². The highest BCUT2D eigenvalue weighted by Crippen LogP contribution is 2.17. The number of benzene rings is 1. The molecule has 0 saturated carbocycles. The van der Waals surface area contributed by atoms with Crippen LogP contribution in [0, 0.1) is 0 Å². The van der Waals surface area contributed by atoms with Gasteiger partial charge in [-0.1, -0.05) is 12.1 Å². The summed E-state index contributed by atoms with van der Waals surface area (Å²) in [5.41, 5.74) is 0.890. The van der Waals surface area contributed by atoms with E-state index in [1.165, 1.54) is 16.8 Å². The first-order valence-electron chi connectivity index (χ1n) is 7.73. The number of allylic oxidation sites excluding steroid dienone is 1. The summed E-state index contributed by atoms with van der Waals surface area (Å²) in [6.45, 7) is 0.259. The Bertz CT molecular complexity index is 989. The minimum absolute atomic E-state index is 0.0423. The van der Waals surface area contributed by atoms with E-state index >= 15 is 0 Å². The first-order chi connectivity index (χ1) is 13.0. The number of aromatic nitrogens is 5. The standard InChI is InChI=1S/C17H15N5O5/c1-27-12-4-2-10(3-5-12)8-22-9-11(17(25)26)6-13(22)14(23)7-15(24)16-18-20-21-19-16/h2-7,9,24H,8H2,1H3,(H,25,26)(H,18,19,20,21). The van der Waals surface area contributed by atoms with Gasteiger partial charge < -0.3 is 19.5 Å². The molecule has 138 valence electrons. The molecule has 0 amide bonds. The van der Waals surface area contributed by atoms with Gasteiger partial charge >= 0.3 is 5.97 Å². The highest BCUT2D eigenvalue weighted by atomic mass is 16.5. The van der Waals surface area contributed by atoms with Gasteiger partial charge in [-0.15, -0.1) is 10.2 Å². The number of tetrazole rings is 1. The van der Waals surface area contributed by atoms with Crippen molar-refractivity contribution in [3.05, 3.63) is 65.2 Å². The largest absolute Gasteiger partial charge is 0.504 e. The molecule has 0 aliphatic carbocycles. The first kappa shape index (κ1) is 17.9. The molecule has 0 saturated heterocycles. The molecule has 0 bridgehead atoms. The third-order valence-corrected chi connectivity index (χ3v) is 3.75. The van der Waals surface area contributed by atoms with Gasteiger partial charge in [0.1, 0.15) is 5.75 Å². The van der Waals surface area contributed by atoms with Crippen LogP contribution in [0.3, 0.4) is 0 Å². The number of aromatic carboxylic acids is 1.